The Balaban J connectivity index is 0.00000156. The van der Waals surface area contributed by atoms with Crippen molar-refractivity contribution in [2.45, 2.75) is 51.0 Å². The fourth-order valence-electron chi connectivity index (χ4n) is 5.98. The van der Waals surface area contributed by atoms with Gasteiger partial charge in [0.15, 0.2) is 0 Å². The van der Waals surface area contributed by atoms with Gasteiger partial charge in [0.25, 0.3) is 0 Å². The van der Waals surface area contributed by atoms with Crippen molar-refractivity contribution in [3.8, 4) is 0 Å². The van der Waals surface area contributed by atoms with Crippen LogP contribution in [-0.4, -0.2) is 30.3 Å². The fraction of sp³-hybridized carbons (Fsp3) is 0.650. The quantitative estimate of drug-likeness (QED) is 0.778. The fourth-order valence-corrected chi connectivity index (χ4v) is 5.98. The summed E-state index contributed by atoms with van der Waals surface area (Å²) in [6, 6.07) is 9.56. The molecule has 0 aromatic heterocycles. The lowest BCUT2D eigenvalue weighted by atomic mass is 9.47. The largest absolute Gasteiger partial charge is 0.303 e. The molecule has 5 atom stereocenters. The Labute approximate surface area is 146 Å². The van der Waals surface area contributed by atoms with Crippen LogP contribution in [0.2, 0.25) is 0 Å². The third-order valence-electron chi connectivity index (χ3n) is 7.08. The van der Waals surface area contributed by atoms with Gasteiger partial charge in [0, 0.05) is 23.8 Å². The van der Waals surface area contributed by atoms with E-state index >= 15 is 0 Å². The van der Waals surface area contributed by atoms with Crippen LogP contribution in [0.25, 0.3) is 0 Å². The Kier molecular flexibility index (Phi) is 4.35. The first-order valence-electron chi connectivity index (χ1n) is 8.90. The zero-order chi connectivity index (χ0) is 15.5. The second-order valence-corrected chi connectivity index (χ2v) is 7.85. The lowest BCUT2D eigenvalue weighted by Gasteiger charge is -2.61. The molecule has 1 saturated heterocycles. The summed E-state index contributed by atoms with van der Waals surface area (Å²) >= 11 is 0. The Hall–Kier alpha value is -0.860. The van der Waals surface area contributed by atoms with Gasteiger partial charge in [-0.1, -0.05) is 44.5 Å². The van der Waals surface area contributed by atoms with Gasteiger partial charge in [-0.3, -0.25) is 4.79 Å². The molecular weight excluding hydrogens is 306 g/mol. The van der Waals surface area contributed by atoms with E-state index in [9.17, 15) is 4.79 Å². The first-order valence-corrected chi connectivity index (χ1v) is 8.90. The van der Waals surface area contributed by atoms with Crippen molar-refractivity contribution in [2.75, 3.05) is 13.6 Å². The number of rotatable bonds is 1. The molecule has 2 aliphatic carbocycles. The van der Waals surface area contributed by atoms with Gasteiger partial charge in [-0.05, 0) is 49.4 Å². The van der Waals surface area contributed by atoms with E-state index < -0.39 is 0 Å². The number of carbonyl (C=O) groups excluding carboxylic acids is 1. The predicted octanol–water partition coefficient (Wildman–Crippen LogP) is 3.86. The van der Waals surface area contributed by atoms with Crippen molar-refractivity contribution in [3.05, 3.63) is 35.4 Å². The zero-order valence-electron chi connectivity index (χ0n) is 14.4. The molecule has 23 heavy (non-hydrogen) atoms. The lowest BCUT2D eigenvalue weighted by Crippen LogP contribution is -2.64. The maximum Gasteiger partial charge on any atom is 0.136 e. The number of carbonyl (C=O) groups is 1. The van der Waals surface area contributed by atoms with Crippen LogP contribution < -0.4 is 0 Å². The van der Waals surface area contributed by atoms with Crippen LogP contribution in [0.1, 0.15) is 44.2 Å². The summed E-state index contributed by atoms with van der Waals surface area (Å²) in [4.78, 5) is 15.4. The third-order valence-corrected chi connectivity index (χ3v) is 7.08. The molecule has 126 valence electrons. The molecule has 0 radical (unpaired) electrons. The number of likely N-dealkylation sites (N-methyl/N-ethyl adjacent to an activating group) is 1. The highest BCUT2D eigenvalue weighted by Crippen LogP contribution is 2.58. The minimum absolute atomic E-state index is 0. The summed E-state index contributed by atoms with van der Waals surface area (Å²) in [5.74, 6) is 1.94. The van der Waals surface area contributed by atoms with E-state index in [4.69, 9.17) is 0 Å². The summed E-state index contributed by atoms with van der Waals surface area (Å²) in [6.45, 7) is 5.59. The molecule has 1 aromatic carbocycles. The number of benzene rings is 1. The summed E-state index contributed by atoms with van der Waals surface area (Å²) < 4.78 is 0. The normalized spacial score (nSPS) is 39.2. The van der Waals surface area contributed by atoms with Gasteiger partial charge < -0.3 is 4.90 Å². The Bertz CT molecular complexity index is 615. The number of likely N-dealkylation sites (tertiary alicyclic amines) is 1. The van der Waals surface area contributed by atoms with Crippen molar-refractivity contribution in [2.24, 2.45) is 17.8 Å². The maximum atomic E-state index is 12.8. The second kappa shape index (κ2) is 5.89. The van der Waals surface area contributed by atoms with Gasteiger partial charge in [0.1, 0.15) is 5.78 Å². The summed E-state index contributed by atoms with van der Waals surface area (Å²) in [6.07, 6.45) is 4.22. The van der Waals surface area contributed by atoms with Crippen molar-refractivity contribution in [1.82, 2.24) is 4.90 Å². The zero-order valence-corrected chi connectivity index (χ0v) is 15.2. The van der Waals surface area contributed by atoms with Gasteiger partial charge in [0.2, 0.25) is 0 Å². The number of hydrogen-bond acceptors (Lipinski definition) is 2. The number of Topliss-reactive ketones (excluding diaryl/α,β-unsaturated/α-hetero) is 1. The van der Waals surface area contributed by atoms with Crippen molar-refractivity contribution in [3.63, 3.8) is 0 Å². The lowest BCUT2D eigenvalue weighted by molar-refractivity contribution is -0.138. The molecule has 0 N–H and O–H groups in total. The van der Waals surface area contributed by atoms with E-state index in [1.165, 1.54) is 11.1 Å². The van der Waals surface area contributed by atoms with Crippen LogP contribution in [0.3, 0.4) is 0 Å². The van der Waals surface area contributed by atoms with Gasteiger partial charge >= 0.3 is 0 Å². The van der Waals surface area contributed by atoms with Gasteiger partial charge in [-0.15, -0.1) is 12.4 Å². The van der Waals surface area contributed by atoms with E-state index in [1.54, 1.807) is 0 Å². The molecule has 3 heteroatoms. The summed E-state index contributed by atoms with van der Waals surface area (Å²) in [7, 11) is 2.29. The highest BCUT2D eigenvalue weighted by molar-refractivity contribution is 5.85. The molecule has 2 fully saturated rings. The van der Waals surface area contributed by atoms with Crippen LogP contribution in [0.15, 0.2) is 24.3 Å². The smallest absolute Gasteiger partial charge is 0.136 e. The second-order valence-electron chi connectivity index (χ2n) is 7.85. The van der Waals surface area contributed by atoms with Crippen LogP contribution in [0.5, 0.6) is 0 Å². The number of fused-ring (bicyclic) bond motifs is 1. The van der Waals surface area contributed by atoms with E-state index in [0.29, 0.717) is 23.7 Å². The number of halogens is 1. The van der Waals surface area contributed by atoms with Crippen LogP contribution >= 0.6 is 12.4 Å². The molecule has 3 aliphatic rings. The van der Waals surface area contributed by atoms with E-state index in [1.807, 2.05) is 0 Å². The molecule has 1 aromatic rings. The Morgan fingerprint density at radius 3 is 2.78 bits per heavy atom. The minimum Gasteiger partial charge on any atom is -0.303 e. The van der Waals surface area contributed by atoms with E-state index in [2.05, 4.69) is 50.1 Å². The van der Waals surface area contributed by atoms with Crippen molar-refractivity contribution >= 4 is 18.2 Å². The van der Waals surface area contributed by atoms with E-state index in [-0.39, 0.29) is 23.7 Å². The van der Waals surface area contributed by atoms with Gasteiger partial charge in [-0.2, -0.15) is 0 Å². The maximum absolute atomic E-state index is 12.8. The number of piperidine rings is 1. The molecule has 4 rings (SSSR count). The average molecular weight is 334 g/mol. The van der Waals surface area contributed by atoms with Crippen LogP contribution in [0.4, 0.5) is 0 Å². The molecule has 1 aliphatic heterocycles. The molecule has 2 unspecified atom stereocenters. The third kappa shape index (κ3) is 2.21. The highest BCUT2D eigenvalue weighted by Gasteiger charge is 2.59. The van der Waals surface area contributed by atoms with Crippen LogP contribution in [0, 0.1) is 17.8 Å². The first kappa shape index (κ1) is 17.0. The van der Waals surface area contributed by atoms with Crippen LogP contribution in [-0.2, 0) is 16.6 Å². The summed E-state index contributed by atoms with van der Waals surface area (Å²) in [5, 5.41) is 0. The van der Waals surface area contributed by atoms with Gasteiger partial charge in [0.05, 0.1) is 0 Å². The molecule has 0 amide bonds. The SMILES string of the molecule is CCC1C(C)C(=O)C[C@]23CCN(C)[C@H](Cc4ccccc42)[C@H]13.Cl. The summed E-state index contributed by atoms with van der Waals surface area (Å²) in [5.41, 5.74) is 3.12. The van der Waals surface area contributed by atoms with Gasteiger partial charge in [-0.25, -0.2) is 0 Å². The monoisotopic (exact) mass is 333 g/mol. The average Bonchev–Trinajstić information content (AvgIpc) is 2.52. The molecule has 1 heterocycles. The number of nitrogens with zero attached hydrogens (tertiary/aromatic N) is 1. The standard InChI is InChI=1S/C20H27NO.ClH/c1-4-15-13(2)18(22)12-20-9-10-21(3)17(19(15)20)11-14-7-5-6-8-16(14)20;/h5-8,13,15,17,19H,4,9-12H2,1-3H3;1H/t13?,15?,17-,19+,20-;/m1./s1. The topological polar surface area (TPSA) is 20.3 Å². The minimum atomic E-state index is 0. The first-order chi connectivity index (χ1) is 10.6. The number of hydrogen-bond donors (Lipinski definition) is 0. The van der Waals surface area contributed by atoms with E-state index in [0.717, 1.165) is 32.2 Å². The molecule has 2 bridgehead atoms. The van der Waals surface area contributed by atoms with Crippen molar-refractivity contribution < 1.29 is 4.79 Å². The molecular formula is C20H28ClNO. The number of ketones is 1. The Morgan fingerprint density at radius 2 is 2.04 bits per heavy atom. The molecule has 0 spiro atoms. The molecule has 2 nitrogen and oxygen atoms in total. The van der Waals surface area contributed by atoms with Crippen molar-refractivity contribution in [1.29, 1.82) is 0 Å². The predicted molar refractivity (Wildman–Crippen MR) is 96.2 cm³/mol. The highest BCUT2D eigenvalue weighted by atomic mass is 35.5. The molecule has 1 saturated carbocycles. The Morgan fingerprint density at radius 1 is 1.30 bits per heavy atom.